The summed E-state index contributed by atoms with van der Waals surface area (Å²) in [4.78, 5) is 4.65. The first-order chi connectivity index (χ1) is 21.7. The van der Waals surface area contributed by atoms with Crippen molar-refractivity contribution in [1.29, 1.82) is 0 Å². The molecule has 0 spiro atoms. The fraction of sp³-hybridized carbons (Fsp3) is 0.424. The van der Waals surface area contributed by atoms with Crippen molar-refractivity contribution in [2.24, 2.45) is 5.92 Å². The van der Waals surface area contributed by atoms with Gasteiger partial charge in [0, 0.05) is 31.0 Å². The van der Waals surface area contributed by atoms with Gasteiger partial charge in [0.1, 0.15) is 0 Å². The van der Waals surface area contributed by atoms with Gasteiger partial charge in [-0.05, 0) is 82.9 Å². The number of piperidine rings is 2. The van der Waals surface area contributed by atoms with Crippen LogP contribution in [0.25, 0.3) is 4.85 Å². The van der Waals surface area contributed by atoms with E-state index >= 15 is 0 Å². The Morgan fingerprint density at radius 1 is 0.609 bits per heavy atom. The molecule has 1 unspecified atom stereocenters. The maximum atomic E-state index is 13.0. The summed E-state index contributed by atoms with van der Waals surface area (Å²) in [5.41, 5.74) is 2.99. The summed E-state index contributed by atoms with van der Waals surface area (Å²) in [6.45, 7) is 14.8. The van der Waals surface area contributed by atoms with Crippen LogP contribution in [0.5, 0.6) is 0 Å². The zero-order chi connectivity index (χ0) is 33.7. The number of sulfone groups is 1. The first kappa shape index (κ1) is 36.2. The van der Waals surface area contributed by atoms with E-state index < -0.39 is 41.2 Å². The molecule has 9 nitrogen and oxygen atoms in total. The summed E-state index contributed by atoms with van der Waals surface area (Å²) in [6.07, 6.45) is 2.43. The van der Waals surface area contributed by atoms with Gasteiger partial charge in [0.05, 0.1) is 20.6 Å². The van der Waals surface area contributed by atoms with Crippen LogP contribution in [0.4, 0.5) is 0 Å². The molecule has 0 bridgehead atoms. The lowest BCUT2D eigenvalue weighted by Gasteiger charge is -2.31. The normalized spacial score (nSPS) is 18.2. The lowest BCUT2D eigenvalue weighted by molar-refractivity contribution is 0.275. The highest BCUT2D eigenvalue weighted by Crippen LogP contribution is 2.32. The predicted octanol–water partition coefficient (Wildman–Crippen LogP) is 5.97. The Bertz CT molecular complexity index is 1840. The fourth-order valence-electron chi connectivity index (χ4n) is 5.48. The molecule has 3 aromatic carbocycles. The molecule has 13 heteroatoms. The molecule has 5 rings (SSSR count). The van der Waals surface area contributed by atoms with Gasteiger partial charge in [-0.25, -0.2) is 31.8 Å². The molecule has 2 saturated heterocycles. The Kier molecular flexibility index (Phi) is 11.9. The predicted molar refractivity (Wildman–Crippen MR) is 183 cm³/mol. The van der Waals surface area contributed by atoms with Gasteiger partial charge in [0.2, 0.25) is 20.0 Å². The number of aryl methyl sites for hydroxylation is 3. The number of rotatable bonds is 7. The number of nitrogens with zero attached hydrogens (tertiary/aromatic N) is 3. The van der Waals surface area contributed by atoms with Crippen LogP contribution < -0.4 is 0 Å². The van der Waals surface area contributed by atoms with Gasteiger partial charge in [-0.15, -0.1) is 0 Å². The van der Waals surface area contributed by atoms with Crippen LogP contribution in [0.3, 0.4) is 0 Å². The molecule has 46 heavy (non-hydrogen) atoms. The van der Waals surface area contributed by atoms with Crippen LogP contribution in [0.1, 0.15) is 42.4 Å². The molecular weight excluding hydrogens is 710 g/mol. The van der Waals surface area contributed by atoms with Crippen molar-refractivity contribution in [2.75, 3.05) is 26.2 Å². The third-order valence-corrected chi connectivity index (χ3v) is 15.2. The molecule has 0 amide bonds. The number of alkyl halides is 1. The molecule has 2 aliphatic heterocycles. The minimum absolute atomic E-state index is 0.138. The third-order valence-electron chi connectivity index (χ3n) is 8.40. The van der Waals surface area contributed by atoms with Gasteiger partial charge < -0.3 is 0 Å². The molecule has 0 aromatic heterocycles. The van der Waals surface area contributed by atoms with E-state index in [-0.39, 0.29) is 22.9 Å². The van der Waals surface area contributed by atoms with Gasteiger partial charge in [0.25, 0.3) is 9.84 Å². The Morgan fingerprint density at radius 2 is 0.935 bits per heavy atom. The van der Waals surface area contributed by atoms with E-state index in [4.69, 9.17) is 6.57 Å². The maximum Gasteiger partial charge on any atom is 0.327 e. The van der Waals surface area contributed by atoms with Crippen molar-refractivity contribution in [3.63, 3.8) is 0 Å². The van der Waals surface area contributed by atoms with Crippen LogP contribution in [0.2, 0.25) is 0 Å². The minimum atomic E-state index is -3.80. The fourth-order valence-corrected chi connectivity index (χ4v) is 10.5. The van der Waals surface area contributed by atoms with Crippen molar-refractivity contribution < 1.29 is 25.3 Å². The Morgan fingerprint density at radius 3 is 1.28 bits per heavy atom. The first-order valence-corrected chi connectivity index (χ1v) is 20.5. The van der Waals surface area contributed by atoms with Crippen LogP contribution in [-0.4, -0.2) is 70.2 Å². The Balaban J connectivity index is 0.000000240. The number of sulfonamides is 2. The second-order valence-electron chi connectivity index (χ2n) is 11.8. The van der Waals surface area contributed by atoms with Crippen molar-refractivity contribution in [1.82, 2.24) is 8.61 Å². The summed E-state index contributed by atoms with van der Waals surface area (Å²) in [5.74, 6) is -0.400. The second-order valence-corrected chi connectivity index (χ2v) is 19.0. The van der Waals surface area contributed by atoms with Crippen LogP contribution in [-0.2, 0) is 29.9 Å². The smallest absolute Gasteiger partial charge is 0.296 e. The molecule has 0 N–H and O–H groups in total. The minimum Gasteiger partial charge on any atom is -0.296 e. The zero-order valence-corrected chi connectivity index (χ0v) is 30.2. The largest absolute Gasteiger partial charge is 0.327 e. The van der Waals surface area contributed by atoms with Crippen molar-refractivity contribution in [3.8, 4) is 0 Å². The molecule has 2 heterocycles. The summed E-state index contributed by atoms with van der Waals surface area (Å²) in [6, 6.07) is 20.2. The van der Waals surface area contributed by atoms with Crippen LogP contribution >= 0.6 is 15.9 Å². The Labute approximate surface area is 282 Å². The molecule has 1 atom stereocenters. The molecule has 2 aliphatic rings. The number of benzene rings is 3. The van der Waals surface area contributed by atoms with Crippen molar-refractivity contribution in [3.05, 3.63) is 101 Å². The van der Waals surface area contributed by atoms with Crippen molar-refractivity contribution in [2.45, 2.75) is 71.3 Å². The first-order valence-electron chi connectivity index (χ1n) is 15.1. The SMILES string of the molecule is Cc1ccc(S(=O)(=O)N2CCC(Br)CC2)cc1.[C-]#[N+]C(C1CCN(S(=O)(=O)c2ccc(C)cc2)CC1)S(=O)(=O)c1ccc(C)cc1. The maximum absolute atomic E-state index is 13.0. The highest BCUT2D eigenvalue weighted by Gasteiger charge is 2.43. The van der Waals surface area contributed by atoms with E-state index in [1.54, 1.807) is 52.8 Å². The van der Waals surface area contributed by atoms with E-state index in [0.29, 0.717) is 35.7 Å². The lowest BCUT2D eigenvalue weighted by atomic mass is 9.98. The quantitative estimate of drug-likeness (QED) is 0.218. The topological polar surface area (TPSA) is 113 Å². The monoisotopic (exact) mass is 749 g/mol. The molecule has 248 valence electrons. The van der Waals surface area contributed by atoms with E-state index in [9.17, 15) is 25.3 Å². The third kappa shape index (κ3) is 8.45. The number of hydrogen-bond donors (Lipinski definition) is 0. The molecule has 0 radical (unpaired) electrons. The summed E-state index contributed by atoms with van der Waals surface area (Å²) >= 11 is 3.53. The second kappa shape index (κ2) is 15.1. The summed E-state index contributed by atoms with van der Waals surface area (Å²) in [5, 5.41) is -1.20. The lowest BCUT2D eigenvalue weighted by Crippen LogP contribution is -2.42. The van der Waals surface area contributed by atoms with Gasteiger partial charge in [-0.3, -0.25) is 4.85 Å². The van der Waals surface area contributed by atoms with E-state index in [0.717, 1.165) is 29.5 Å². The highest BCUT2D eigenvalue weighted by molar-refractivity contribution is 9.09. The summed E-state index contributed by atoms with van der Waals surface area (Å²) in [7, 11) is -10.7. The highest BCUT2D eigenvalue weighted by atomic mass is 79.9. The van der Waals surface area contributed by atoms with Gasteiger partial charge >= 0.3 is 5.37 Å². The molecular formula is C33H40BrN3O6S3. The number of hydrogen-bond acceptors (Lipinski definition) is 6. The van der Waals surface area contributed by atoms with Crippen LogP contribution in [0, 0.1) is 33.3 Å². The van der Waals surface area contributed by atoms with E-state index in [2.05, 4.69) is 20.8 Å². The summed E-state index contributed by atoms with van der Waals surface area (Å²) < 4.78 is 79.2. The van der Waals surface area contributed by atoms with E-state index in [1.165, 1.54) is 16.4 Å². The molecule has 2 fully saturated rings. The van der Waals surface area contributed by atoms with E-state index in [1.807, 2.05) is 32.9 Å². The van der Waals surface area contributed by atoms with Gasteiger partial charge in [-0.1, -0.05) is 69.0 Å². The zero-order valence-electron chi connectivity index (χ0n) is 26.2. The standard InChI is InChI=1S/C21H24N2O4S2.C12H16BrNO2S/c1-16-4-8-19(9-5-16)28(24,25)21(22-3)18-12-14-23(15-13-18)29(26,27)20-10-6-17(2)7-11-20;1-10-2-4-12(5-3-10)17(15,16)14-8-6-11(13)7-9-14/h4-11,18,21H,12-15H2,1-2H3;2-5,11H,6-9H2,1H3. The van der Waals surface area contributed by atoms with Crippen LogP contribution in [0.15, 0.2) is 87.5 Å². The Hall–Kier alpha value is -2.60. The molecule has 3 aromatic rings. The molecule has 0 aliphatic carbocycles. The molecule has 0 saturated carbocycles. The van der Waals surface area contributed by atoms with Gasteiger partial charge in [0.15, 0.2) is 0 Å². The average molecular weight is 751 g/mol. The average Bonchev–Trinajstić information content (AvgIpc) is 3.03. The van der Waals surface area contributed by atoms with Crippen molar-refractivity contribution >= 4 is 45.8 Å². The number of halogens is 1. The van der Waals surface area contributed by atoms with Gasteiger partial charge in [-0.2, -0.15) is 8.61 Å².